The highest BCUT2D eigenvalue weighted by molar-refractivity contribution is 7.89. The number of hydrogen-bond donors (Lipinski definition) is 1. The maximum atomic E-state index is 14.1. The molecule has 9 nitrogen and oxygen atoms in total. The number of hydrogen-bond acceptors (Lipinski definition) is 6. The maximum absolute atomic E-state index is 14.1. The Kier molecular flexibility index (Phi) is 6.93. The molecule has 1 saturated heterocycles. The maximum Gasteiger partial charge on any atom is 0.309 e. The summed E-state index contributed by atoms with van der Waals surface area (Å²) in [6, 6.07) is 7.50. The van der Waals surface area contributed by atoms with Crippen LogP contribution in [0.2, 0.25) is 5.02 Å². The lowest BCUT2D eigenvalue weighted by molar-refractivity contribution is -0.136. The average Bonchev–Trinajstić information content (AvgIpc) is 3.27. The summed E-state index contributed by atoms with van der Waals surface area (Å²) in [6.45, 7) is 6.27. The van der Waals surface area contributed by atoms with Crippen LogP contribution in [0.3, 0.4) is 0 Å². The molecule has 1 unspecified atom stereocenters. The molecule has 37 heavy (non-hydrogen) atoms. The molecule has 0 spiro atoms. The van der Waals surface area contributed by atoms with Crippen molar-refractivity contribution in [1.82, 2.24) is 19.1 Å². The molecule has 3 aromatic rings. The van der Waals surface area contributed by atoms with Crippen molar-refractivity contribution in [3.8, 4) is 5.88 Å². The summed E-state index contributed by atoms with van der Waals surface area (Å²) in [5, 5.41) is 15.5. The van der Waals surface area contributed by atoms with Crippen molar-refractivity contribution >= 4 is 38.5 Å². The smallest absolute Gasteiger partial charge is 0.309 e. The zero-order valence-corrected chi connectivity index (χ0v) is 22.6. The van der Waals surface area contributed by atoms with E-state index in [9.17, 15) is 18.3 Å². The zero-order valence-electron chi connectivity index (χ0n) is 21.0. The summed E-state index contributed by atoms with van der Waals surface area (Å²) < 4.78 is 37.0. The molecular formula is C26H31ClN4O5S. The van der Waals surface area contributed by atoms with Crippen LogP contribution in [0.15, 0.2) is 41.4 Å². The van der Waals surface area contributed by atoms with Gasteiger partial charge in [0.1, 0.15) is 4.90 Å². The van der Waals surface area contributed by atoms with Crippen molar-refractivity contribution in [1.29, 1.82) is 0 Å². The lowest BCUT2D eigenvalue weighted by Gasteiger charge is -2.40. The Balaban J connectivity index is 1.63. The van der Waals surface area contributed by atoms with Gasteiger partial charge in [0, 0.05) is 22.5 Å². The Morgan fingerprint density at radius 2 is 1.95 bits per heavy atom. The van der Waals surface area contributed by atoms with Crippen LogP contribution in [-0.2, 0) is 21.2 Å². The number of benzene rings is 1. The molecule has 0 radical (unpaired) electrons. The number of fused-ring (bicyclic) bond motifs is 1. The Labute approximate surface area is 221 Å². The van der Waals surface area contributed by atoms with Crippen LogP contribution in [0.4, 0.5) is 0 Å². The molecule has 3 heterocycles. The van der Waals surface area contributed by atoms with E-state index in [1.165, 1.54) is 6.20 Å². The molecule has 1 N–H and O–H groups in total. The first kappa shape index (κ1) is 25.9. The van der Waals surface area contributed by atoms with Crippen LogP contribution in [0, 0.1) is 11.8 Å². The monoisotopic (exact) mass is 546 g/mol. The molecule has 1 aliphatic carbocycles. The summed E-state index contributed by atoms with van der Waals surface area (Å²) in [6.07, 6.45) is 4.03. The average molecular weight is 547 g/mol. The van der Waals surface area contributed by atoms with E-state index in [-0.39, 0.29) is 41.3 Å². The number of carboxylic acid groups (broad SMARTS) is 1. The van der Waals surface area contributed by atoms with Crippen LogP contribution in [0.5, 0.6) is 5.88 Å². The minimum Gasteiger partial charge on any atom is -0.481 e. The van der Waals surface area contributed by atoms with E-state index >= 15 is 0 Å². The standard InChI is InChI=1S/C26H31ClN4O5S/c1-4-36-23-11-9-19(14-28-23)37(34,35)31-16(3)15(2)25(26(31)17-6-5-7-17)30-22-12-18(27)8-10-20(22)21(29-30)13-24(32)33/h8-12,14-17,25-26H,4-7,13H2,1-3H3,(H,32,33)/t15-,16+,25-,26?/m1/s1. The molecule has 1 aromatic carbocycles. The fraction of sp³-hybridized carbons (Fsp3) is 0.500. The van der Waals surface area contributed by atoms with Gasteiger partial charge in [0.05, 0.1) is 42.5 Å². The van der Waals surface area contributed by atoms with E-state index in [0.717, 1.165) is 30.2 Å². The van der Waals surface area contributed by atoms with Gasteiger partial charge in [-0.2, -0.15) is 9.40 Å². The van der Waals surface area contributed by atoms with E-state index in [1.54, 1.807) is 34.6 Å². The highest BCUT2D eigenvalue weighted by Crippen LogP contribution is 2.50. The fourth-order valence-corrected chi connectivity index (χ4v) is 7.90. The van der Waals surface area contributed by atoms with Gasteiger partial charge < -0.3 is 9.84 Å². The molecular weight excluding hydrogens is 516 g/mol. The molecule has 4 atom stereocenters. The van der Waals surface area contributed by atoms with Gasteiger partial charge in [0.25, 0.3) is 0 Å². The highest BCUT2D eigenvalue weighted by atomic mass is 35.5. The molecule has 2 aliphatic rings. The van der Waals surface area contributed by atoms with E-state index in [1.807, 2.05) is 25.5 Å². The third kappa shape index (κ3) is 4.49. The van der Waals surface area contributed by atoms with Gasteiger partial charge in [0.15, 0.2) is 0 Å². The largest absolute Gasteiger partial charge is 0.481 e. The number of pyridine rings is 1. The third-order valence-corrected chi connectivity index (χ3v) is 10.1. The van der Waals surface area contributed by atoms with Crippen LogP contribution in [0.25, 0.3) is 10.9 Å². The number of rotatable bonds is 8. The van der Waals surface area contributed by atoms with Gasteiger partial charge in [-0.1, -0.05) is 24.9 Å². The first-order valence-corrected chi connectivity index (χ1v) is 14.5. The Morgan fingerprint density at radius 3 is 2.54 bits per heavy atom. The Hall–Kier alpha value is -2.69. The predicted molar refractivity (Wildman–Crippen MR) is 139 cm³/mol. The first-order valence-electron chi connectivity index (χ1n) is 12.6. The lowest BCUT2D eigenvalue weighted by Crippen LogP contribution is -2.47. The number of halogens is 1. The number of aromatic nitrogens is 3. The molecule has 2 fully saturated rings. The summed E-state index contributed by atoms with van der Waals surface area (Å²) in [5.41, 5.74) is 1.17. The molecule has 11 heteroatoms. The van der Waals surface area contributed by atoms with Gasteiger partial charge in [-0.05, 0) is 62.8 Å². The van der Waals surface area contributed by atoms with Gasteiger partial charge in [-0.15, -0.1) is 0 Å². The third-order valence-electron chi connectivity index (χ3n) is 7.90. The second-order valence-corrected chi connectivity index (χ2v) is 12.3. The summed E-state index contributed by atoms with van der Waals surface area (Å²) >= 11 is 6.35. The molecule has 0 bridgehead atoms. The van der Waals surface area contributed by atoms with E-state index in [0.29, 0.717) is 23.2 Å². The van der Waals surface area contributed by atoms with E-state index in [2.05, 4.69) is 4.98 Å². The number of ether oxygens (including phenoxy) is 1. The summed E-state index contributed by atoms with van der Waals surface area (Å²) in [5.74, 6) is -0.513. The molecule has 1 saturated carbocycles. The van der Waals surface area contributed by atoms with Gasteiger partial charge in [-0.25, -0.2) is 13.4 Å². The summed E-state index contributed by atoms with van der Waals surface area (Å²) in [4.78, 5) is 15.9. The number of carboxylic acids is 1. The number of nitrogens with zero attached hydrogens (tertiary/aromatic N) is 4. The van der Waals surface area contributed by atoms with Crippen molar-refractivity contribution < 1.29 is 23.1 Å². The number of sulfonamides is 1. The van der Waals surface area contributed by atoms with Crippen molar-refractivity contribution in [2.24, 2.45) is 11.8 Å². The topological polar surface area (TPSA) is 115 Å². The van der Waals surface area contributed by atoms with Gasteiger partial charge in [-0.3, -0.25) is 9.48 Å². The normalized spacial score (nSPS) is 24.9. The summed E-state index contributed by atoms with van der Waals surface area (Å²) in [7, 11) is -3.88. The van der Waals surface area contributed by atoms with Crippen LogP contribution in [-0.4, -0.2) is 57.3 Å². The minimum atomic E-state index is -3.88. The minimum absolute atomic E-state index is 0.0872. The van der Waals surface area contributed by atoms with Gasteiger partial charge in [0.2, 0.25) is 15.9 Å². The number of carbonyl (C=O) groups is 1. The van der Waals surface area contributed by atoms with Crippen LogP contribution < -0.4 is 4.74 Å². The molecule has 2 aromatic heterocycles. The Morgan fingerprint density at radius 1 is 1.19 bits per heavy atom. The quantitative estimate of drug-likeness (QED) is 0.440. The Bertz CT molecular complexity index is 1420. The van der Waals surface area contributed by atoms with E-state index < -0.39 is 16.0 Å². The second kappa shape index (κ2) is 9.89. The van der Waals surface area contributed by atoms with Crippen molar-refractivity contribution in [3.63, 3.8) is 0 Å². The highest BCUT2D eigenvalue weighted by Gasteiger charge is 2.55. The molecule has 1 aliphatic heterocycles. The zero-order chi connectivity index (χ0) is 26.5. The fourth-order valence-electron chi connectivity index (χ4n) is 5.82. The van der Waals surface area contributed by atoms with Gasteiger partial charge >= 0.3 is 5.97 Å². The lowest BCUT2D eigenvalue weighted by atomic mass is 9.76. The predicted octanol–water partition coefficient (Wildman–Crippen LogP) is 4.55. The van der Waals surface area contributed by atoms with Crippen LogP contribution in [0.1, 0.15) is 51.8 Å². The van der Waals surface area contributed by atoms with E-state index in [4.69, 9.17) is 21.4 Å². The van der Waals surface area contributed by atoms with Crippen molar-refractivity contribution in [2.45, 2.75) is 69.5 Å². The molecule has 0 amide bonds. The second-order valence-electron chi connectivity index (χ2n) is 10.00. The van der Waals surface area contributed by atoms with Crippen LogP contribution >= 0.6 is 11.6 Å². The SMILES string of the molecule is CCOc1ccc(S(=O)(=O)N2C(C3CCC3)[C@H](n3nc(CC(=O)O)c4ccc(Cl)cc43)[C@H](C)[C@@H]2C)cn1. The molecule has 198 valence electrons. The first-order chi connectivity index (χ1) is 17.6. The van der Waals surface area contributed by atoms with Crippen molar-refractivity contribution in [2.75, 3.05) is 6.61 Å². The van der Waals surface area contributed by atoms with Crippen molar-refractivity contribution in [3.05, 3.63) is 47.2 Å². The molecule has 5 rings (SSSR count). The number of aliphatic carboxylic acids is 1.